The Bertz CT molecular complexity index is 848. The molecular formula is C19H25N4O4+. The van der Waals surface area contributed by atoms with Crippen molar-refractivity contribution in [1.29, 1.82) is 0 Å². The van der Waals surface area contributed by atoms with E-state index < -0.39 is 4.92 Å². The summed E-state index contributed by atoms with van der Waals surface area (Å²) in [6, 6.07) is 8.35. The second-order valence-electron chi connectivity index (χ2n) is 6.92. The van der Waals surface area contributed by atoms with E-state index in [0.717, 1.165) is 19.4 Å². The van der Waals surface area contributed by atoms with Gasteiger partial charge in [0.1, 0.15) is 11.8 Å². The summed E-state index contributed by atoms with van der Waals surface area (Å²) in [5.41, 5.74) is 1.59. The van der Waals surface area contributed by atoms with E-state index in [9.17, 15) is 14.9 Å². The lowest BCUT2D eigenvalue weighted by Gasteiger charge is -2.27. The van der Waals surface area contributed by atoms with E-state index in [1.165, 1.54) is 35.9 Å². The molecule has 8 heteroatoms. The van der Waals surface area contributed by atoms with Crippen molar-refractivity contribution in [3.63, 3.8) is 0 Å². The van der Waals surface area contributed by atoms with Crippen LogP contribution in [0.25, 0.3) is 0 Å². The van der Waals surface area contributed by atoms with Gasteiger partial charge in [0.2, 0.25) is 0 Å². The van der Waals surface area contributed by atoms with E-state index in [1.807, 2.05) is 26.2 Å². The number of nitro groups is 1. The van der Waals surface area contributed by atoms with Gasteiger partial charge in [-0.05, 0) is 25.1 Å². The molecule has 0 aliphatic carbocycles. The minimum Gasteiger partial charge on any atom is -0.494 e. The lowest BCUT2D eigenvalue weighted by atomic mass is 10.1. The molecular weight excluding hydrogens is 348 g/mol. The van der Waals surface area contributed by atoms with E-state index in [4.69, 9.17) is 4.74 Å². The Morgan fingerprint density at radius 1 is 1.44 bits per heavy atom. The number of carbonyl (C=O) groups is 1. The van der Waals surface area contributed by atoms with Crippen LogP contribution in [0.4, 0.5) is 11.4 Å². The number of anilines is 1. The van der Waals surface area contributed by atoms with Gasteiger partial charge < -0.3 is 19.5 Å². The number of ether oxygens (including phenoxy) is 1. The van der Waals surface area contributed by atoms with Crippen molar-refractivity contribution in [2.24, 2.45) is 7.05 Å². The SMILES string of the molecule is COc1cc([N+](=O)[O-])ccc1NC(=O)[C@@H](C)[NH+]1CCC[C@@H]1c1cccn1C. The zero-order chi connectivity index (χ0) is 19.6. The van der Waals surface area contributed by atoms with Crippen molar-refractivity contribution in [1.82, 2.24) is 4.57 Å². The number of quaternary nitrogens is 1. The molecule has 1 unspecified atom stereocenters. The highest BCUT2D eigenvalue weighted by Crippen LogP contribution is 2.29. The first-order valence-electron chi connectivity index (χ1n) is 9.02. The summed E-state index contributed by atoms with van der Waals surface area (Å²) in [5.74, 6) is 0.151. The van der Waals surface area contributed by atoms with Crippen LogP contribution in [0.1, 0.15) is 31.5 Å². The highest BCUT2D eigenvalue weighted by atomic mass is 16.6. The van der Waals surface area contributed by atoms with Crippen LogP contribution < -0.4 is 15.0 Å². The van der Waals surface area contributed by atoms with Gasteiger partial charge in [-0.2, -0.15) is 0 Å². The zero-order valence-electron chi connectivity index (χ0n) is 15.8. The molecule has 2 aromatic rings. The largest absolute Gasteiger partial charge is 0.494 e. The molecule has 27 heavy (non-hydrogen) atoms. The molecule has 1 aliphatic rings. The van der Waals surface area contributed by atoms with E-state index in [2.05, 4.69) is 16.0 Å². The number of hydrogen-bond acceptors (Lipinski definition) is 4. The predicted molar refractivity (Wildman–Crippen MR) is 101 cm³/mol. The van der Waals surface area contributed by atoms with Gasteiger partial charge in [-0.1, -0.05) is 0 Å². The number of nitrogens with zero attached hydrogens (tertiary/aromatic N) is 2. The van der Waals surface area contributed by atoms with Gasteiger partial charge in [0.25, 0.3) is 11.6 Å². The van der Waals surface area contributed by atoms with Crippen LogP contribution in [-0.4, -0.2) is 35.1 Å². The van der Waals surface area contributed by atoms with Crippen LogP contribution in [-0.2, 0) is 11.8 Å². The molecule has 1 aromatic heterocycles. The molecule has 0 radical (unpaired) electrons. The molecule has 1 aliphatic heterocycles. The third-order valence-corrected chi connectivity index (χ3v) is 5.35. The van der Waals surface area contributed by atoms with Crippen molar-refractivity contribution < 1.29 is 19.4 Å². The average Bonchev–Trinajstić information content (AvgIpc) is 3.29. The fourth-order valence-electron chi connectivity index (χ4n) is 3.87. The van der Waals surface area contributed by atoms with Crippen LogP contribution in [0, 0.1) is 10.1 Å². The van der Waals surface area contributed by atoms with E-state index in [-0.39, 0.29) is 29.4 Å². The molecule has 1 fully saturated rings. The maximum Gasteiger partial charge on any atom is 0.282 e. The number of non-ortho nitro benzene ring substituents is 1. The summed E-state index contributed by atoms with van der Waals surface area (Å²) >= 11 is 0. The first kappa shape index (κ1) is 18.9. The first-order chi connectivity index (χ1) is 12.9. The Kier molecular flexibility index (Phi) is 5.46. The highest BCUT2D eigenvalue weighted by molar-refractivity contribution is 5.95. The summed E-state index contributed by atoms with van der Waals surface area (Å²) in [7, 11) is 3.45. The summed E-state index contributed by atoms with van der Waals surface area (Å²) in [4.78, 5) is 24.5. The summed E-state index contributed by atoms with van der Waals surface area (Å²) in [6.07, 6.45) is 4.15. The Labute approximate surface area is 157 Å². The lowest BCUT2D eigenvalue weighted by molar-refractivity contribution is -0.932. The summed E-state index contributed by atoms with van der Waals surface area (Å²) in [5, 5.41) is 13.8. The topological polar surface area (TPSA) is 90.8 Å². The molecule has 0 saturated carbocycles. The summed E-state index contributed by atoms with van der Waals surface area (Å²) in [6.45, 7) is 2.85. The molecule has 1 amide bonds. The maximum absolute atomic E-state index is 12.9. The summed E-state index contributed by atoms with van der Waals surface area (Å²) < 4.78 is 7.32. The number of carbonyl (C=O) groups excluding carboxylic acids is 1. The fraction of sp³-hybridized carbons (Fsp3) is 0.421. The molecule has 1 saturated heterocycles. The number of likely N-dealkylation sites (tertiary alicyclic amines) is 1. The van der Waals surface area contributed by atoms with Crippen LogP contribution in [0.5, 0.6) is 5.75 Å². The number of aromatic nitrogens is 1. The van der Waals surface area contributed by atoms with Crippen molar-refractivity contribution in [2.45, 2.75) is 31.8 Å². The Balaban J connectivity index is 1.76. The van der Waals surface area contributed by atoms with Crippen molar-refractivity contribution in [3.8, 4) is 5.75 Å². The van der Waals surface area contributed by atoms with E-state index in [0.29, 0.717) is 5.69 Å². The standard InChI is InChI=1S/C19H24N4O4/c1-13(22-11-5-7-17(22)16-6-4-10-21(16)2)19(24)20-15-9-8-14(23(25)26)12-18(15)27-3/h4,6,8-10,12-13,17H,5,7,11H2,1-3H3,(H,20,24)/p+1/t13-,17-/m1/s1. The van der Waals surface area contributed by atoms with Gasteiger partial charge in [0.05, 0.1) is 36.0 Å². The normalized spacial score (nSPS) is 20.3. The Hall–Kier alpha value is -2.87. The first-order valence-corrected chi connectivity index (χ1v) is 9.02. The van der Waals surface area contributed by atoms with Crippen molar-refractivity contribution in [2.75, 3.05) is 19.0 Å². The molecule has 3 rings (SSSR count). The molecule has 3 atom stereocenters. The third-order valence-electron chi connectivity index (χ3n) is 5.35. The van der Waals surface area contributed by atoms with Crippen LogP contribution in [0.2, 0.25) is 0 Å². The highest BCUT2D eigenvalue weighted by Gasteiger charge is 2.38. The molecule has 8 nitrogen and oxygen atoms in total. The van der Waals surface area contributed by atoms with Gasteiger partial charge in [0.15, 0.2) is 6.04 Å². The van der Waals surface area contributed by atoms with Gasteiger partial charge in [-0.15, -0.1) is 0 Å². The van der Waals surface area contributed by atoms with Crippen LogP contribution in [0.3, 0.4) is 0 Å². The second-order valence-corrected chi connectivity index (χ2v) is 6.92. The molecule has 0 spiro atoms. The monoisotopic (exact) mass is 373 g/mol. The third kappa shape index (κ3) is 3.80. The molecule has 2 heterocycles. The number of aryl methyl sites for hydroxylation is 1. The Morgan fingerprint density at radius 2 is 2.22 bits per heavy atom. The number of hydrogen-bond donors (Lipinski definition) is 2. The van der Waals surface area contributed by atoms with Crippen LogP contribution in [0.15, 0.2) is 36.5 Å². The number of methoxy groups -OCH3 is 1. The number of nitrogens with one attached hydrogen (secondary N) is 2. The number of nitro benzene ring substituents is 1. The number of amides is 1. The minimum absolute atomic E-state index is 0.0770. The smallest absolute Gasteiger partial charge is 0.282 e. The molecule has 0 bridgehead atoms. The molecule has 1 aromatic carbocycles. The quantitative estimate of drug-likeness (QED) is 0.595. The molecule has 144 valence electrons. The van der Waals surface area contributed by atoms with Gasteiger partial charge in [-0.3, -0.25) is 14.9 Å². The van der Waals surface area contributed by atoms with Crippen molar-refractivity contribution in [3.05, 3.63) is 52.3 Å². The number of rotatable bonds is 6. The van der Waals surface area contributed by atoms with Gasteiger partial charge >= 0.3 is 0 Å². The van der Waals surface area contributed by atoms with Crippen molar-refractivity contribution >= 4 is 17.3 Å². The molecule has 2 N–H and O–H groups in total. The van der Waals surface area contributed by atoms with E-state index >= 15 is 0 Å². The lowest BCUT2D eigenvalue weighted by Crippen LogP contribution is -3.15. The van der Waals surface area contributed by atoms with E-state index in [1.54, 1.807) is 0 Å². The minimum atomic E-state index is -0.490. The average molecular weight is 373 g/mol. The second kappa shape index (κ2) is 7.79. The fourth-order valence-corrected chi connectivity index (χ4v) is 3.87. The number of benzene rings is 1. The maximum atomic E-state index is 12.9. The van der Waals surface area contributed by atoms with Gasteiger partial charge in [-0.25, -0.2) is 0 Å². The Morgan fingerprint density at radius 3 is 2.85 bits per heavy atom. The van der Waals surface area contributed by atoms with Gasteiger partial charge in [0, 0.05) is 32.2 Å². The zero-order valence-corrected chi connectivity index (χ0v) is 15.8. The predicted octanol–water partition coefficient (Wildman–Crippen LogP) is 1.69. The van der Waals surface area contributed by atoms with Crippen LogP contribution >= 0.6 is 0 Å².